The average molecular weight is 222 g/mol. The Bertz CT molecular complexity index is 423. The Kier molecular flexibility index (Phi) is 2.59. The molecular formula is C9H10N4OS. The van der Waals surface area contributed by atoms with Crippen LogP contribution < -0.4 is 11.5 Å². The molecule has 6 heteroatoms. The first-order valence-corrected chi connectivity index (χ1v) is 5.26. The summed E-state index contributed by atoms with van der Waals surface area (Å²) >= 11 is 1.34. The second kappa shape index (κ2) is 3.90. The van der Waals surface area contributed by atoms with Gasteiger partial charge in [-0.25, -0.2) is 9.97 Å². The van der Waals surface area contributed by atoms with Crippen LogP contribution in [0.3, 0.4) is 0 Å². The molecule has 0 unspecified atom stereocenters. The van der Waals surface area contributed by atoms with Gasteiger partial charge in [-0.3, -0.25) is 4.79 Å². The molecule has 0 aliphatic heterocycles. The molecule has 0 saturated carbocycles. The molecule has 15 heavy (non-hydrogen) atoms. The second-order valence-corrected chi connectivity index (χ2v) is 4.27. The van der Waals surface area contributed by atoms with E-state index in [0.29, 0.717) is 23.2 Å². The molecule has 0 saturated heterocycles. The fourth-order valence-corrected chi connectivity index (χ4v) is 2.21. The van der Waals surface area contributed by atoms with Crippen LogP contribution in [0.25, 0.3) is 0 Å². The lowest BCUT2D eigenvalue weighted by Crippen LogP contribution is -1.98. The molecule has 1 aromatic heterocycles. The molecule has 5 nitrogen and oxygen atoms in total. The van der Waals surface area contributed by atoms with Crippen molar-refractivity contribution in [1.82, 2.24) is 9.97 Å². The van der Waals surface area contributed by atoms with E-state index in [4.69, 9.17) is 11.5 Å². The van der Waals surface area contributed by atoms with Crippen LogP contribution in [0.15, 0.2) is 22.2 Å². The van der Waals surface area contributed by atoms with E-state index in [9.17, 15) is 4.79 Å². The topological polar surface area (TPSA) is 94.9 Å². The van der Waals surface area contributed by atoms with Gasteiger partial charge in [-0.15, -0.1) is 0 Å². The number of anilines is 2. The van der Waals surface area contributed by atoms with Crippen molar-refractivity contribution in [2.24, 2.45) is 0 Å². The maximum atomic E-state index is 11.0. The van der Waals surface area contributed by atoms with Gasteiger partial charge in [-0.05, 0) is 17.4 Å². The number of ketones is 1. The van der Waals surface area contributed by atoms with Crippen molar-refractivity contribution in [1.29, 1.82) is 0 Å². The first kappa shape index (κ1) is 9.97. The molecule has 2 rings (SSSR count). The molecule has 1 aromatic rings. The largest absolute Gasteiger partial charge is 0.383 e. The molecule has 0 spiro atoms. The fourth-order valence-electron chi connectivity index (χ4n) is 1.28. The summed E-state index contributed by atoms with van der Waals surface area (Å²) in [7, 11) is 0. The number of rotatable bonds is 2. The first-order valence-electron chi connectivity index (χ1n) is 4.45. The Balaban J connectivity index is 2.17. The molecule has 0 radical (unpaired) electrons. The lowest BCUT2D eigenvalue weighted by Gasteiger charge is -2.02. The molecule has 0 amide bonds. The van der Waals surface area contributed by atoms with Gasteiger partial charge >= 0.3 is 0 Å². The Morgan fingerprint density at radius 2 is 1.87 bits per heavy atom. The third-order valence-corrected chi connectivity index (χ3v) is 2.86. The van der Waals surface area contributed by atoms with Crippen molar-refractivity contribution in [2.45, 2.75) is 18.0 Å². The van der Waals surface area contributed by atoms with Crippen molar-refractivity contribution in [3.05, 3.63) is 17.0 Å². The van der Waals surface area contributed by atoms with Crippen molar-refractivity contribution in [3.8, 4) is 0 Å². The molecule has 1 aliphatic rings. The number of nitrogen functional groups attached to an aromatic ring is 2. The summed E-state index contributed by atoms with van der Waals surface area (Å²) in [6, 6.07) is 1.50. The summed E-state index contributed by atoms with van der Waals surface area (Å²) in [5.41, 5.74) is 11.1. The van der Waals surface area contributed by atoms with Gasteiger partial charge < -0.3 is 11.5 Å². The minimum atomic E-state index is 0.148. The minimum Gasteiger partial charge on any atom is -0.383 e. The quantitative estimate of drug-likeness (QED) is 0.724. The predicted molar refractivity (Wildman–Crippen MR) is 59.0 cm³/mol. The van der Waals surface area contributed by atoms with E-state index < -0.39 is 0 Å². The van der Waals surface area contributed by atoms with Crippen LogP contribution in [0.1, 0.15) is 12.8 Å². The van der Waals surface area contributed by atoms with Crippen LogP contribution in [0.5, 0.6) is 0 Å². The number of nitrogens with zero attached hydrogens (tertiary/aromatic N) is 2. The Morgan fingerprint density at radius 1 is 1.20 bits per heavy atom. The number of carbonyl (C=O) groups is 1. The highest BCUT2D eigenvalue weighted by Gasteiger charge is 2.14. The van der Waals surface area contributed by atoms with Gasteiger partial charge in [0.25, 0.3) is 0 Å². The number of carbonyl (C=O) groups excluding carboxylic acids is 1. The van der Waals surface area contributed by atoms with Crippen molar-refractivity contribution < 1.29 is 4.79 Å². The number of aromatic nitrogens is 2. The van der Waals surface area contributed by atoms with E-state index in [2.05, 4.69) is 9.97 Å². The zero-order valence-corrected chi connectivity index (χ0v) is 8.75. The molecule has 4 N–H and O–H groups in total. The summed E-state index contributed by atoms with van der Waals surface area (Å²) in [4.78, 5) is 20.0. The van der Waals surface area contributed by atoms with Gasteiger partial charge in [0.1, 0.15) is 11.6 Å². The van der Waals surface area contributed by atoms with Crippen LogP contribution in [0, 0.1) is 0 Å². The molecule has 1 heterocycles. The summed E-state index contributed by atoms with van der Waals surface area (Å²) < 4.78 is 0. The zero-order valence-electron chi connectivity index (χ0n) is 7.93. The Morgan fingerprint density at radius 3 is 2.40 bits per heavy atom. The van der Waals surface area contributed by atoms with Gasteiger partial charge in [0, 0.05) is 12.5 Å². The van der Waals surface area contributed by atoms with E-state index in [-0.39, 0.29) is 5.78 Å². The predicted octanol–water partition coefficient (Wildman–Crippen LogP) is 0.980. The van der Waals surface area contributed by atoms with Crippen LogP contribution in [-0.4, -0.2) is 15.8 Å². The maximum Gasteiger partial charge on any atom is 0.196 e. The van der Waals surface area contributed by atoms with Crippen LogP contribution in [0.2, 0.25) is 0 Å². The number of allylic oxidation sites excluding steroid dienone is 2. The minimum absolute atomic E-state index is 0.148. The lowest BCUT2D eigenvalue weighted by atomic mass is 10.3. The molecule has 0 fully saturated rings. The summed E-state index contributed by atoms with van der Waals surface area (Å²) in [6.45, 7) is 0. The standard InChI is InChI=1S/C9H10N4OS/c10-7-4-8(11)13-9(12-7)15-6-2-1-5(14)3-6/h3-4H,1-2H2,(H4,10,11,12,13). The van der Waals surface area contributed by atoms with Gasteiger partial charge in [0.05, 0.1) is 0 Å². The van der Waals surface area contributed by atoms with Crippen molar-refractivity contribution >= 4 is 29.2 Å². The summed E-state index contributed by atoms with van der Waals surface area (Å²) in [5, 5.41) is 0.494. The second-order valence-electron chi connectivity index (χ2n) is 3.18. The molecule has 0 bridgehead atoms. The maximum absolute atomic E-state index is 11.0. The first-order chi connectivity index (χ1) is 7.13. The number of nitrogens with two attached hydrogens (primary N) is 2. The molecular weight excluding hydrogens is 212 g/mol. The highest BCUT2D eigenvalue weighted by molar-refractivity contribution is 8.03. The van der Waals surface area contributed by atoms with Gasteiger partial charge in [0.2, 0.25) is 0 Å². The third kappa shape index (κ3) is 2.47. The van der Waals surface area contributed by atoms with Crippen LogP contribution in [-0.2, 0) is 4.79 Å². The smallest absolute Gasteiger partial charge is 0.196 e. The van der Waals surface area contributed by atoms with Gasteiger partial charge in [-0.2, -0.15) is 0 Å². The van der Waals surface area contributed by atoms with Crippen molar-refractivity contribution in [3.63, 3.8) is 0 Å². The van der Waals surface area contributed by atoms with Crippen LogP contribution >= 0.6 is 11.8 Å². The number of thioether (sulfide) groups is 1. The normalized spacial score (nSPS) is 15.5. The zero-order chi connectivity index (χ0) is 10.8. The fraction of sp³-hybridized carbons (Fsp3) is 0.222. The van der Waals surface area contributed by atoms with E-state index in [1.54, 1.807) is 6.08 Å². The lowest BCUT2D eigenvalue weighted by molar-refractivity contribution is -0.114. The Labute approximate surface area is 91.0 Å². The molecule has 78 valence electrons. The van der Waals surface area contributed by atoms with E-state index in [0.717, 1.165) is 11.3 Å². The molecule has 0 aromatic carbocycles. The highest BCUT2D eigenvalue weighted by atomic mass is 32.2. The number of hydrogen-bond donors (Lipinski definition) is 2. The van der Waals surface area contributed by atoms with E-state index in [1.165, 1.54) is 17.8 Å². The third-order valence-electron chi connectivity index (χ3n) is 1.91. The van der Waals surface area contributed by atoms with Gasteiger partial charge in [-0.1, -0.05) is 11.8 Å². The van der Waals surface area contributed by atoms with E-state index in [1.807, 2.05) is 0 Å². The molecule has 1 aliphatic carbocycles. The average Bonchev–Trinajstić information content (AvgIpc) is 2.49. The van der Waals surface area contributed by atoms with Gasteiger partial charge in [0.15, 0.2) is 10.9 Å². The monoisotopic (exact) mass is 222 g/mol. The summed E-state index contributed by atoms with van der Waals surface area (Å²) in [6.07, 6.45) is 2.94. The van der Waals surface area contributed by atoms with E-state index >= 15 is 0 Å². The Hall–Kier alpha value is -1.56. The van der Waals surface area contributed by atoms with Crippen LogP contribution in [0.4, 0.5) is 11.6 Å². The van der Waals surface area contributed by atoms with Crippen molar-refractivity contribution in [2.75, 3.05) is 11.5 Å². The number of hydrogen-bond acceptors (Lipinski definition) is 6. The SMILES string of the molecule is Nc1cc(N)nc(SC2=CC(=O)CC2)n1. The highest BCUT2D eigenvalue weighted by Crippen LogP contribution is 2.31. The molecule has 0 atom stereocenters. The summed E-state index contributed by atoms with van der Waals surface area (Å²) in [5.74, 6) is 0.833.